The molecule has 2 rings (SSSR count). The Morgan fingerprint density at radius 3 is 2.57 bits per heavy atom. The van der Waals surface area contributed by atoms with Gasteiger partial charge in [0.05, 0.1) is 11.3 Å². The monoisotopic (exact) mass is 300 g/mol. The molecule has 110 valence electrons. The molecular weight excluding hydrogens is 280 g/mol. The summed E-state index contributed by atoms with van der Waals surface area (Å²) < 4.78 is 0. The first-order valence-electron chi connectivity index (χ1n) is 6.92. The van der Waals surface area contributed by atoms with Crippen molar-refractivity contribution in [2.75, 3.05) is 11.9 Å². The Labute approximate surface area is 130 Å². The van der Waals surface area contributed by atoms with Crippen LogP contribution >= 0.6 is 12.2 Å². The predicted molar refractivity (Wildman–Crippen MR) is 90.8 cm³/mol. The van der Waals surface area contributed by atoms with Crippen molar-refractivity contribution in [1.29, 1.82) is 0 Å². The van der Waals surface area contributed by atoms with Crippen molar-refractivity contribution in [1.82, 2.24) is 10.2 Å². The molecule has 21 heavy (non-hydrogen) atoms. The summed E-state index contributed by atoms with van der Waals surface area (Å²) in [6.07, 6.45) is 0.915. The Bertz CT molecular complexity index is 667. The number of aromatic nitrogens is 2. The Balaban J connectivity index is 2.12. The van der Waals surface area contributed by atoms with Crippen LogP contribution in [-0.2, 0) is 6.42 Å². The average molecular weight is 300 g/mol. The Morgan fingerprint density at radius 2 is 1.90 bits per heavy atom. The summed E-state index contributed by atoms with van der Waals surface area (Å²) in [6.45, 7) is 6.75. The van der Waals surface area contributed by atoms with Crippen LogP contribution in [0, 0.1) is 20.8 Å². The van der Waals surface area contributed by atoms with Gasteiger partial charge in [-0.1, -0.05) is 36.5 Å². The van der Waals surface area contributed by atoms with Crippen molar-refractivity contribution in [3.8, 4) is 0 Å². The van der Waals surface area contributed by atoms with E-state index >= 15 is 0 Å². The highest BCUT2D eigenvalue weighted by Crippen LogP contribution is 2.18. The van der Waals surface area contributed by atoms with Crippen molar-refractivity contribution in [2.24, 2.45) is 5.73 Å². The van der Waals surface area contributed by atoms with Gasteiger partial charge in [-0.05, 0) is 43.9 Å². The summed E-state index contributed by atoms with van der Waals surface area (Å²) in [5.41, 5.74) is 11.1. The first kappa shape index (κ1) is 15.4. The van der Waals surface area contributed by atoms with Crippen LogP contribution in [0.2, 0.25) is 0 Å². The molecule has 0 amide bonds. The van der Waals surface area contributed by atoms with Crippen LogP contribution in [0.4, 0.5) is 5.82 Å². The van der Waals surface area contributed by atoms with E-state index in [1.54, 1.807) is 0 Å². The Hall–Kier alpha value is -2.01. The van der Waals surface area contributed by atoms with Gasteiger partial charge in [0.2, 0.25) is 0 Å². The van der Waals surface area contributed by atoms with Crippen LogP contribution in [0.3, 0.4) is 0 Å². The summed E-state index contributed by atoms with van der Waals surface area (Å²) in [5, 5.41) is 11.6. The van der Waals surface area contributed by atoms with Crippen molar-refractivity contribution in [3.05, 3.63) is 52.2 Å². The molecule has 4 nitrogen and oxygen atoms in total. The smallest absolute Gasteiger partial charge is 0.159 e. The van der Waals surface area contributed by atoms with Crippen molar-refractivity contribution in [3.63, 3.8) is 0 Å². The SMILES string of the molecule is Cc1ccccc1CCNc1nnc(C)c(C)c1C(N)=S. The quantitative estimate of drug-likeness (QED) is 0.831. The fraction of sp³-hybridized carbons (Fsp3) is 0.312. The highest BCUT2D eigenvalue weighted by Gasteiger charge is 2.13. The molecule has 0 saturated carbocycles. The second-order valence-corrected chi connectivity index (χ2v) is 5.54. The predicted octanol–water partition coefficient (Wildman–Crippen LogP) is 2.69. The molecule has 0 radical (unpaired) electrons. The van der Waals surface area contributed by atoms with Crippen LogP contribution in [0.15, 0.2) is 24.3 Å². The van der Waals surface area contributed by atoms with E-state index in [0.717, 1.165) is 29.8 Å². The zero-order chi connectivity index (χ0) is 15.4. The summed E-state index contributed by atoms with van der Waals surface area (Å²) in [4.78, 5) is 0.351. The fourth-order valence-corrected chi connectivity index (χ4v) is 2.49. The van der Waals surface area contributed by atoms with Gasteiger partial charge in [-0.3, -0.25) is 0 Å². The number of hydrogen-bond acceptors (Lipinski definition) is 4. The summed E-state index contributed by atoms with van der Waals surface area (Å²) >= 11 is 5.13. The highest BCUT2D eigenvalue weighted by molar-refractivity contribution is 7.80. The van der Waals surface area contributed by atoms with E-state index in [4.69, 9.17) is 18.0 Å². The lowest BCUT2D eigenvalue weighted by Crippen LogP contribution is -2.19. The van der Waals surface area contributed by atoms with Crippen LogP contribution in [-0.4, -0.2) is 21.7 Å². The van der Waals surface area contributed by atoms with Crippen LogP contribution in [0.1, 0.15) is 27.9 Å². The molecule has 5 heteroatoms. The molecular formula is C16H20N4S. The van der Waals surface area contributed by atoms with Crippen LogP contribution in [0.25, 0.3) is 0 Å². The van der Waals surface area contributed by atoms with Crippen molar-refractivity contribution in [2.45, 2.75) is 27.2 Å². The van der Waals surface area contributed by atoms with Crippen LogP contribution < -0.4 is 11.1 Å². The number of benzene rings is 1. The molecule has 2 aromatic rings. The third kappa shape index (κ3) is 3.55. The topological polar surface area (TPSA) is 63.8 Å². The molecule has 0 unspecified atom stereocenters. The van der Waals surface area contributed by atoms with Gasteiger partial charge in [0, 0.05) is 6.54 Å². The summed E-state index contributed by atoms with van der Waals surface area (Å²) in [6, 6.07) is 8.35. The van der Waals surface area contributed by atoms with E-state index in [1.807, 2.05) is 19.9 Å². The largest absolute Gasteiger partial charge is 0.389 e. The fourth-order valence-electron chi connectivity index (χ4n) is 2.24. The van der Waals surface area contributed by atoms with Gasteiger partial charge in [-0.2, -0.15) is 5.10 Å². The average Bonchev–Trinajstić information content (AvgIpc) is 2.44. The first-order chi connectivity index (χ1) is 10.0. The minimum absolute atomic E-state index is 0.351. The molecule has 0 fully saturated rings. The van der Waals surface area contributed by atoms with E-state index in [-0.39, 0.29) is 0 Å². The normalized spacial score (nSPS) is 10.4. The minimum Gasteiger partial charge on any atom is -0.389 e. The standard InChI is InChI=1S/C16H20N4S/c1-10-6-4-5-7-13(10)8-9-18-16-14(15(17)21)11(2)12(3)19-20-16/h4-7H,8-9H2,1-3H3,(H2,17,21)(H,18,20). The first-order valence-corrected chi connectivity index (χ1v) is 7.33. The van der Waals surface area contributed by atoms with Gasteiger partial charge in [0.15, 0.2) is 5.82 Å². The maximum absolute atomic E-state index is 5.81. The lowest BCUT2D eigenvalue weighted by atomic mass is 10.1. The zero-order valence-corrected chi connectivity index (χ0v) is 13.4. The number of thiocarbonyl (C=S) groups is 1. The number of anilines is 1. The second-order valence-electron chi connectivity index (χ2n) is 5.10. The number of rotatable bonds is 5. The van der Waals surface area contributed by atoms with E-state index < -0.39 is 0 Å². The molecule has 1 aromatic carbocycles. The third-order valence-corrected chi connectivity index (χ3v) is 3.85. The third-order valence-electron chi connectivity index (χ3n) is 3.65. The van der Waals surface area contributed by atoms with Crippen LogP contribution in [0.5, 0.6) is 0 Å². The molecule has 0 aliphatic carbocycles. The number of hydrogen-bond donors (Lipinski definition) is 2. The summed E-state index contributed by atoms with van der Waals surface area (Å²) in [7, 11) is 0. The molecule has 3 N–H and O–H groups in total. The van der Waals surface area contributed by atoms with Gasteiger partial charge in [-0.25, -0.2) is 0 Å². The number of nitrogens with two attached hydrogens (primary N) is 1. The number of aryl methyl sites for hydroxylation is 2. The molecule has 0 bridgehead atoms. The van der Waals surface area contributed by atoms with Gasteiger partial charge in [0.25, 0.3) is 0 Å². The van der Waals surface area contributed by atoms with Crippen molar-refractivity contribution < 1.29 is 0 Å². The Kier molecular flexibility index (Phi) is 4.85. The lowest BCUT2D eigenvalue weighted by Gasteiger charge is -2.13. The van der Waals surface area contributed by atoms with E-state index in [0.29, 0.717) is 10.8 Å². The molecule has 0 aliphatic rings. The number of nitrogens with one attached hydrogen (secondary N) is 1. The van der Waals surface area contributed by atoms with Gasteiger partial charge in [-0.15, -0.1) is 5.10 Å². The van der Waals surface area contributed by atoms with E-state index in [2.05, 4.69) is 40.6 Å². The van der Waals surface area contributed by atoms with Crippen molar-refractivity contribution >= 4 is 23.0 Å². The highest BCUT2D eigenvalue weighted by atomic mass is 32.1. The molecule has 0 aliphatic heterocycles. The Morgan fingerprint density at radius 1 is 1.19 bits per heavy atom. The molecule has 1 heterocycles. The minimum atomic E-state index is 0.351. The second kappa shape index (κ2) is 6.63. The maximum atomic E-state index is 5.81. The molecule has 1 aromatic heterocycles. The van der Waals surface area contributed by atoms with E-state index in [9.17, 15) is 0 Å². The summed E-state index contributed by atoms with van der Waals surface area (Å²) in [5.74, 6) is 0.666. The van der Waals surface area contributed by atoms with Gasteiger partial charge < -0.3 is 11.1 Å². The van der Waals surface area contributed by atoms with E-state index in [1.165, 1.54) is 11.1 Å². The zero-order valence-electron chi connectivity index (χ0n) is 12.6. The molecule has 0 spiro atoms. The molecule has 0 saturated heterocycles. The maximum Gasteiger partial charge on any atom is 0.159 e. The van der Waals surface area contributed by atoms with Gasteiger partial charge in [0.1, 0.15) is 4.99 Å². The molecule has 0 atom stereocenters. The lowest BCUT2D eigenvalue weighted by molar-refractivity contribution is 0.927. The number of nitrogens with zero attached hydrogens (tertiary/aromatic N) is 2. The van der Waals surface area contributed by atoms with Gasteiger partial charge >= 0.3 is 0 Å².